The van der Waals surface area contributed by atoms with Gasteiger partial charge in [0.25, 0.3) is 0 Å². The van der Waals surface area contributed by atoms with Crippen molar-refractivity contribution in [1.82, 2.24) is 0 Å². The van der Waals surface area contributed by atoms with Crippen molar-refractivity contribution < 1.29 is 9.53 Å². The van der Waals surface area contributed by atoms with Gasteiger partial charge in [0.2, 0.25) is 0 Å². The molecular weight excluding hydrogens is 188 g/mol. The molecule has 2 rings (SSSR count). The third-order valence-corrected chi connectivity index (χ3v) is 4.00. The van der Waals surface area contributed by atoms with Crippen LogP contribution in [-0.4, -0.2) is 12.6 Å². The molecule has 0 radical (unpaired) electrons. The second-order valence-electron chi connectivity index (χ2n) is 5.15. The van der Waals surface area contributed by atoms with Crippen LogP contribution < -0.4 is 0 Å². The second-order valence-corrected chi connectivity index (χ2v) is 5.15. The number of allylic oxidation sites excluding steroid dienone is 2. The Morgan fingerprint density at radius 1 is 1.53 bits per heavy atom. The van der Waals surface area contributed by atoms with Gasteiger partial charge in [-0.05, 0) is 43.4 Å². The van der Waals surface area contributed by atoms with Crippen molar-refractivity contribution in [2.24, 2.45) is 17.3 Å². The second kappa shape index (κ2) is 3.99. The highest BCUT2D eigenvalue weighted by atomic mass is 16.5. The average Bonchev–Trinajstić information content (AvgIpc) is 2.75. The lowest BCUT2D eigenvalue weighted by Gasteiger charge is -2.31. The summed E-state index contributed by atoms with van der Waals surface area (Å²) in [5.41, 5.74) is 0.353. The van der Waals surface area contributed by atoms with E-state index in [1.165, 1.54) is 12.8 Å². The summed E-state index contributed by atoms with van der Waals surface area (Å²) in [6.45, 7) is 4.68. The molecule has 0 aromatic heterocycles. The molecule has 0 spiro atoms. The molecule has 2 nitrogen and oxygen atoms in total. The molecule has 0 amide bonds. The predicted octanol–water partition coefficient (Wildman–Crippen LogP) is 2.93. The van der Waals surface area contributed by atoms with Crippen molar-refractivity contribution >= 4 is 5.97 Å². The first-order valence-electron chi connectivity index (χ1n) is 5.98. The third kappa shape index (κ3) is 2.09. The van der Waals surface area contributed by atoms with Crippen LogP contribution in [0.3, 0.4) is 0 Å². The topological polar surface area (TPSA) is 26.3 Å². The minimum absolute atomic E-state index is 0.0366. The fourth-order valence-electron chi connectivity index (χ4n) is 3.10. The molecule has 1 saturated carbocycles. The van der Waals surface area contributed by atoms with Gasteiger partial charge in [-0.3, -0.25) is 4.79 Å². The Kier molecular flexibility index (Phi) is 2.85. The zero-order valence-corrected chi connectivity index (χ0v) is 9.66. The third-order valence-electron chi connectivity index (χ3n) is 4.00. The molecule has 0 heterocycles. The Bertz CT molecular complexity index is 282. The van der Waals surface area contributed by atoms with E-state index in [2.05, 4.69) is 19.1 Å². The van der Waals surface area contributed by atoms with E-state index in [-0.39, 0.29) is 5.97 Å². The van der Waals surface area contributed by atoms with Gasteiger partial charge in [0, 0.05) is 6.42 Å². The standard InChI is InChI=1S/C13H20O2/c1-3-15-12(14)6-7-13(2)9-10-4-5-11(13)8-10/h4-5,10-11H,3,6-9H2,1-2H3. The molecule has 2 aliphatic rings. The van der Waals surface area contributed by atoms with Crippen LogP contribution in [0.1, 0.15) is 39.5 Å². The van der Waals surface area contributed by atoms with Crippen LogP contribution in [0.15, 0.2) is 12.2 Å². The summed E-state index contributed by atoms with van der Waals surface area (Å²) in [5.74, 6) is 1.45. The van der Waals surface area contributed by atoms with Gasteiger partial charge in [-0.1, -0.05) is 19.1 Å². The Hall–Kier alpha value is -0.790. The van der Waals surface area contributed by atoms with Gasteiger partial charge in [0.1, 0.15) is 0 Å². The van der Waals surface area contributed by atoms with E-state index >= 15 is 0 Å². The Labute approximate surface area is 91.7 Å². The smallest absolute Gasteiger partial charge is 0.305 e. The SMILES string of the molecule is CCOC(=O)CCC1(C)CC2C=CC1C2. The minimum Gasteiger partial charge on any atom is -0.466 e. The highest BCUT2D eigenvalue weighted by Gasteiger charge is 2.44. The summed E-state index contributed by atoms with van der Waals surface area (Å²) >= 11 is 0. The van der Waals surface area contributed by atoms with Crippen molar-refractivity contribution in [2.45, 2.75) is 39.5 Å². The van der Waals surface area contributed by atoms with E-state index < -0.39 is 0 Å². The van der Waals surface area contributed by atoms with Crippen molar-refractivity contribution in [3.05, 3.63) is 12.2 Å². The number of carbonyl (C=O) groups is 1. The maximum atomic E-state index is 11.3. The lowest BCUT2D eigenvalue weighted by atomic mass is 9.74. The lowest BCUT2D eigenvalue weighted by molar-refractivity contribution is -0.143. The van der Waals surface area contributed by atoms with Gasteiger partial charge in [-0.25, -0.2) is 0 Å². The van der Waals surface area contributed by atoms with E-state index in [0.29, 0.717) is 24.4 Å². The first kappa shape index (κ1) is 10.7. The summed E-state index contributed by atoms with van der Waals surface area (Å²) in [7, 11) is 0. The molecular formula is C13H20O2. The molecule has 84 valence electrons. The molecule has 0 saturated heterocycles. The molecule has 3 atom stereocenters. The van der Waals surface area contributed by atoms with E-state index in [4.69, 9.17) is 4.74 Å². The van der Waals surface area contributed by atoms with Crippen molar-refractivity contribution in [1.29, 1.82) is 0 Å². The van der Waals surface area contributed by atoms with Crippen molar-refractivity contribution in [3.63, 3.8) is 0 Å². The Morgan fingerprint density at radius 3 is 2.87 bits per heavy atom. The monoisotopic (exact) mass is 208 g/mol. The average molecular weight is 208 g/mol. The first-order chi connectivity index (χ1) is 7.14. The maximum Gasteiger partial charge on any atom is 0.305 e. The van der Waals surface area contributed by atoms with Crippen LogP contribution in [0.2, 0.25) is 0 Å². The zero-order chi connectivity index (χ0) is 10.9. The molecule has 2 bridgehead atoms. The fraction of sp³-hybridized carbons (Fsp3) is 0.769. The largest absolute Gasteiger partial charge is 0.466 e. The van der Waals surface area contributed by atoms with Crippen LogP contribution in [0.5, 0.6) is 0 Å². The van der Waals surface area contributed by atoms with E-state index in [9.17, 15) is 4.79 Å². The Balaban J connectivity index is 1.84. The van der Waals surface area contributed by atoms with E-state index in [0.717, 1.165) is 12.3 Å². The first-order valence-corrected chi connectivity index (χ1v) is 5.98. The maximum absolute atomic E-state index is 11.3. The molecule has 3 unspecified atom stereocenters. The summed E-state index contributed by atoms with van der Waals surface area (Å²) in [6.07, 6.45) is 8.82. The van der Waals surface area contributed by atoms with Crippen LogP contribution >= 0.6 is 0 Å². The number of hydrogen-bond donors (Lipinski definition) is 0. The molecule has 0 aromatic carbocycles. The van der Waals surface area contributed by atoms with Gasteiger partial charge in [0.15, 0.2) is 0 Å². The summed E-state index contributed by atoms with van der Waals surface area (Å²) in [4.78, 5) is 11.3. The van der Waals surface area contributed by atoms with Crippen molar-refractivity contribution in [3.8, 4) is 0 Å². The van der Waals surface area contributed by atoms with E-state index in [1.807, 2.05) is 6.92 Å². The quantitative estimate of drug-likeness (QED) is 0.524. The van der Waals surface area contributed by atoms with Gasteiger partial charge in [-0.2, -0.15) is 0 Å². The normalized spacial score (nSPS) is 37.2. The summed E-state index contributed by atoms with van der Waals surface area (Å²) < 4.78 is 4.97. The minimum atomic E-state index is -0.0366. The molecule has 2 aliphatic carbocycles. The fourth-order valence-corrected chi connectivity index (χ4v) is 3.10. The highest BCUT2D eigenvalue weighted by Crippen LogP contribution is 2.54. The molecule has 15 heavy (non-hydrogen) atoms. The van der Waals surface area contributed by atoms with Crippen LogP contribution in [0.25, 0.3) is 0 Å². The van der Waals surface area contributed by atoms with E-state index in [1.54, 1.807) is 0 Å². The van der Waals surface area contributed by atoms with Gasteiger partial charge >= 0.3 is 5.97 Å². The number of hydrogen-bond acceptors (Lipinski definition) is 2. The summed E-state index contributed by atoms with van der Waals surface area (Å²) in [5, 5.41) is 0. The number of ether oxygens (including phenoxy) is 1. The van der Waals surface area contributed by atoms with Crippen molar-refractivity contribution in [2.75, 3.05) is 6.61 Å². The van der Waals surface area contributed by atoms with Gasteiger partial charge in [0.05, 0.1) is 6.61 Å². The molecule has 0 aliphatic heterocycles. The highest BCUT2D eigenvalue weighted by molar-refractivity contribution is 5.69. The van der Waals surface area contributed by atoms with Crippen LogP contribution in [-0.2, 0) is 9.53 Å². The summed E-state index contributed by atoms with van der Waals surface area (Å²) in [6, 6.07) is 0. The van der Waals surface area contributed by atoms with Gasteiger partial charge in [-0.15, -0.1) is 0 Å². The molecule has 0 aromatic rings. The molecule has 1 fully saturated rings. The number of rotatable bonds is 4. The molecule has 0 N–H and O–H groups in total. The predicted molar refractivity (Wildman–Crippen MR) is 59.3 cm³/mol. The van der Waals surface area contributed by atoms with Crippen LogP contribution in [0, 0.1) is 17.3 Å². The Morgan fingerprint density at radius 2 is 2.33 bits per heavy atom. The number of esters is 1. The lowest BCUT2D eigenvalue weighted by Crippen LogP contribution is -2.23. The number of carbonyl (C=O) groups excluding carboxylic acids is 1. The van der Waals surface area contributed by atoms with Crippen LogP contribution in [0.4, 0.5) is 0 Å². The number of fused-ring (bicyclic) bond motifs is 2. The van der Waals surface area contributed by atoms with Gasteiger partial charge < -0.3 is 4.74 Å². The zero-order valence-electron chi connectivity index (χ0n) is 9.66. The molecule has 2 heteroatoms.